The van der Waals surface area contributed by atoms with Crippen LogP contribution < -0.4 is 0 Å². The van der Waals surface area contributed by atoms with Crippen LogP contribution in [-0.4, -0.2) is 38.9 Å². The van der Waals surface area contributed by atoms with Gasteiger partial charge in [0.15, 0.2) is 0 Å². The van der Waals surface area contributed by atoms with E-state index in [2.05, 4.69) is 6.92 Å². The van der Waals surface area contributed by atoms with E-state index in [-0.39, 0.29) is 11.9 Å². The molecule has 0 saturated carbocycles. The lowest BCUT2D eigenvalue weighted by Gasteiger charge is -2.11. The Balaban J connectivity index is 3.32. The third-order valence-electron chi connectivity index (χ3n) is 5.87. The molecule has 0 bridgehead atoms. The Morgan fingerprint density at radius 2 is 1.09 bits per heavy atom. The van der Waals surface area contributed by atoms with Crippen LogP contribution in [0.3, 0.4) is 0 Å². The van der Waals surface area contributed by atoms with Gasteiger partial charge in [-0.3, -0.25) is 9.59 Å². The Kier molecular flexibility index (Phi) is 23.7. The summed E-state index contributed by atoms with van der Waals surface area (Å²) in [5.74, 6) is -0.0286. The Morgan fingerprint density at radius 3 is 1.59 bits per heavy atom. The molecule has 0 aromatic rings. The first kappa shape index (κ1) is 30.9. The van der Waals surface area contributed by atoms with Crippen LogP contribution in [0.25, 0.3) is 0 Å². The maximum Gasteiger partial charge on any atom is 0.305 e. The highest BCUT2D eigenvalue weighted by atomic mass is 16.5. The van der Waals surface area contributed by atoms with E-state index >= 15 is 0 Å². The van der Waals surface area contributed by atoms with Gasteiger partial charge in [0.25, 0.3) is 0 Å². The lowest BCUT2D eigenvalue weighted by atomic mass is 10.0. The van der Waals surface area contributed by atoms with Gasteiger partial charge in [0.1, 0.15) is 0 Å². The smallest absolute Gasteiger partial charge is 0.305 e. The molecular weight excluding hydrogens is 404 g/mol. The van der Waals surface area contributed by atoms with Crippen LogP contribution in [0.15, 0.2) is 0 Å². The van der Waals surface area contributed by atoms with Crippen molar-refractivity contribution in [2.45, 2.75) is 129 Å². The quantitative estimate of drug-likeness (QED) is 0.112. The molecule has 0 heterocycles. The molecule has 190 valence electrons. The van der Waals surface area contributed by atoms with Crippen molar-refractivity contribution in [1.82, 2.24) is 0 Å². The topological polar surface area (TPSA) is 61.8 Å². The summed E-state index contributed by atoms with van der Waals surface area (Å²) in [7, 11) is 1.67. The minimum absolute atomic E-state index is 0.148. The highest BCUT2D eigenvalue weighted by Crippen LogP contribution is 2.12. The zero-order valence-corrected chi connectivity index (χ0v) is 21.5. The Morgan fingerprint density at radius 1 is 0.625 bits per heavy atom. The maximum atomic E-state index is 11.8. The third-order valence-corrected chi connectivity index (χ3v) is 5.87. The van der Waals surface area contributed by atoms with E-state index in [4.69, 9.17) is 14.2 Å². The summed E-state index contributed by atoms with van der Waals surface area (Å²) in [6.07, 6.45) is 20.0. The maximum absolute atomic E-state index is 11.8. The fourth-order valence-electron chi connectivity index (χ4n) is 3.63. The van der Waals surface area contributed by atoms with Crippen LogP contribution in [0.5, 0.6) is 0 Å². The zero-order chi connectivity index (χ0) is 23.7. The number of esters is 2. The van der Waals surface area contributed by atoms with E-state index in [1.54, 1.807) is 7.11 Å². The predicted molar refractivity (Wildman–Crippen MR) is 132 cm³/mol. The molecule has 0 fully saturated rings. The normalized spacial score (nSPS) is 12.0. The second kappa shape index (κ2) is 24.5. The second-order valence-corrected chi connectivity index (χ2v) is 9.24. The summed E-state index contributed by atoms with van der Waals surface area (Å²) in [4.78, 5) is 23.5. The van der Waals surface area contributed by atoms with Crippen LogP contribution in [0, 0.1) is 5.92 Å². The van der Waals surface area contributed by atoms with Crippen LogP contribution in [0.4, 0.5) is 0 Å². The molecule has 5 heteroatoms. The average molecular weight is 457 g/mol. The SMILES string of the molecule is CCCCCCCCCCCCCCCOC(=O)CCCCC(=O)OCC(C)CCOC. The molecule has 0 aliphatic carbocycles. The first-order chi connectivity index (χ1) is 15.6. The summed E-state index contributed by atoms with van der Waals surface area (Å²) in [5.41, 5.74) is 0. The molecule has 1 unspecified atom stereocenters. The molecular formula is C27H52O5. The highest BCUT2D eigenvalue weighted by Gasteiger charge is 2.09. The highest BCUT2D eigenvalue weighted by molar-refractivity contribution is 5.70. The first-order valence-corrected chi connectivity index (χ1v) is 13.4. The van der Waals surface area contributed by atoms with Gasteiger partial charge in [-0.15, -0.1) is 0 Å². The summed E-state index contributed by atoms with van der Waals surface area (Å²) in [6.45, 7) is 5.95. The Hall–Kier alpha value is -1.10. The van der Waals surface area contributed by atoms with E-state index in [0.717, 1.165) is 19.3 Å². The van der Waals surface area contributed by atoms with E-state index in [1.807, 2.05) is 6.92 Å². The molecule has 0 aliphatic rings. The minimum Gasteiger partial charge on any atom is -0.466 e. The lowest BCUT2D eigenvalue weighted by molar-refractivity contribution is -0.146. The van der Waals surface area contributed by atoms with Gasteiger partial charge >= 0.3 is 11.9 Å². The van der Waals surface area contributed by atoms with Crippen LogP contribution in [-0.2, 0) is 23.8 Å². The lowest BCUT2D eigenvalue weighted by Crippen LogP contribution is -2.13. The van der Waals surface area contributed by atoms with E-state index in [9.17, 15) is 9.59 Å². The van der Waals surface area contributed by atoms with Crippen molar-refractivity contribution in [2.75, 3.05) is 26.9 Å². The summed E-state index contributed by atoms with van der Waals surface area (Å²) < 4.78 is 15.6. The summed E-state index contributed by atoms with van der Waals surface area (Å²) >= 11 is 0. The molecule has 0 spiro atoms. The van der Waals surface area contributed by atoms with Gasteiger partial charge in [-0.05, 0) is 31.6 Å². The zero-order valence-electron chi connectivity index (χ0n) is 21.5. The fraction of sp³-hybridized carbons (Fsp3) is 0.926. The fourth-order valence-corrected chi connectivity index (χ4v) is 3.63. The van der Waals surface area contributed by atoms with E-state index in [1.165, 1.54) is 70.6 Å². The molecule has 0 N–H and O–H groups in total. The average Bonchev–Trinajstić information content (AvgIpc) is 2.79. The molecule has 5 nitrogen and oxygen atoms in total. The Bertz CT molecular complexity index is 424. The standard InChI is InChI=1S/C27H52O5/c1-4-5-6-7-8-9-10-11-12-13-14-15-18-22-31-26(28)19-16-17-20-27(29)32-24-25(2)21-23-30-3/h25H,4-24H2,1-3H3. The molecule has 0 aliphatic heterocycles. The molecule has 0 saturated heterocycles. The van der Waals surface area contributed by atoms with Crippen molar-refractivity contribution >= 4 is 11.9 Å². The molecule has 0 aromatic heterocycles. The molecule has 0 aromatic carbocycles. The summed E-state index contributed by atoms with van der Waals surface area (Å²) in [5, 5.41) is 0. The van der Waals surface area contributed by atoms with Crippen molar-refractivity contribution in [3.63, 3.8) is 0 Å². The molecule has 0 amide bonds. The molecule has 32 heavy (non-hydrogen) atoms. The van der Waals surface area contributed by atoms with Crippen LogP contribution >= 0.6 is 0 Å². The number of carbonyl (C=O) groups is 2. The van der Waals surface area contributed by atoms with Gasteiger partial charge < -0.3 is 14.2 Å². The number of hydrogen-bond donors (Lipinski definition) is 0. The number of rotatable bonds is 24. The third kappa shape index (κ3) is 23.6. The van der Waals surface area contributed by atoms with Gasteiger partial charge in [0, 0.05) is 26.6 Å². The molecule has 1 atom stereocenters. The van der Waals surface area contributed by atoms with Crippen LogP contribution in [0.1, 0.15) is 129 Å². The van der Waals surface area contributed by atoms with Gasteiger partial charge in [0.05, 0.1) is 13.2 Å². The monoisotopic (exact) mass is 456 g/mol. The number of ether oxygens (including phenoxy) is 3. The van der Waals surface area contributed by atoms with Gasteiger partial charge in [0.2, 0.25) is 0 Å². The second-order valence-electron chi connectivity index (χ2n) is 9.24. The van der Waals surface area contributed by atoms with Gasteiger partial charge in [-0.25, -0.2) is 0 Å². The number of unbranched alkanes of at least 4 members (excludes halogenated alkanes) is 13. The largest absolute Gasteiger partial charge is 0.466 e. The van der Waals surface area contributed by atoms with Crippen molar-refractivity contribution in [2.24, 2.45) is 5.92 Å². The molecule has 0 rings (SSSR count). The van der Waals surface area contributed by atoms with Crippen LogP contribution in [0.2, 0.25) is 0 Å². The van der Waals surface area contributed by atoms with Crippen molar-refractivity contribution in [3.8, 4) is 0 Å². The van der Waals surface area contributed by atoms with Crippen molar-refractivity contribution in [3.05, 3.63) is 0 Å². The van der Waals surface area contributed by atoms with Crippen molar-refractivity contribution < 1.29 is 23.8 Å². The van der Waals surface area contributed by atoms with E-state index < -0.39 is 0 Å². The van der Waals surface area contributed by atoms with Gasteiger partial charge in [-0.2, -0.15) is 0 Å². The number of carbonyl (C=O) groups excluding carboxylic acids is 2. The van der Waals surface area contributed by atoms with Gasteiger partial charge in [-0.1, -0.05) is 90.9 Å². The van der Waals surface area contributed by atoms with E-state index in [0.29, 0.717) is 51.4 Å². The molecule has 0 radical (unpaired) electrons. The minimum atomic E-state index is -0.186. The Labute approximate surface area is 198 Å². The number of hydrogen-bond acceptors (Lipinski definition) is 5. The summed E-state index contributed by atoms with van der Waals surface area (Å²) in [6, 6.07) is 0. The predicted octanol–water partition coefficient (Wildman–Crippen LogP) is 7.40. The van der Waals surface area contributed by atoms with Crippen molar-refractivity contribution in [1.29, 1.82) is 0 Å². The number of methoxy groups -OCH3 is 1. The first-order valence-electron chi connectivity index (χ1n) is 13.4.